The van der Waals surface area contributed by atoms with Crippen LogP contribution in [0.5, 0.6) is 0 Å². The van der Waals surface area contributed by atoms with E-state index in [0.717, 1.165) is 12.8 Å². The van der Waals surface area contributed by atoms with E-state index in [1.54, 1.807) is 24.3 Å². The molecule has 0 spiro atoms. The zero-order valence-corrected chi connectivity index (χ0v) is 11.1. The van der Waals surface area contributed by atoms with Gasteiger partial charge in [-0.3, -0.25) is 0 Å². The molecule has 0 fully saturated rings. The van der Waals surface area contributed by atoms with Gasteiger partial charge in [-0.2, -0.15) is 0 Å². The van der Waals surface area contributed by atoms with Gasteiger partial charge in [0.15, 0.2) is 0 Å². The fraction of sp³-hybridized carbons (Fsp3) is 0.500. The van der Waals surface area contributed by atoms with Gasteiger partial charge in [0.05, 0.1) is 5.75 Å². The average molecular weight is 256 g/mol. The van der Waals surface area contributed by atoms with Crippen LogP contribution in [-0.4, -0.2) is 14.5 Å². The lowest BCUT2D eigenvalue weighted by molar-refractivity contribution is 0.543. The van der Waals surface area contributed by atoms with E-state index in [2.05, 4.69) is 4.72 Å². The Morgan fingerprint density at radius 2 is 2.12 bits per heavy atom. The van der Waals surface area contributed by atoms with Crippen LogP contribution in [0.15, 0.2) is 24.3 Å². The Morgan fingerprint density at radius 1 is 1.41 bits per heavy atom. The summed E-state index contributed by atoms with van der Waals surface area (Å²) < 4.78 is 26.3. The molecule has 0 aliphatic heterocycles. The van der Waals surface area contributed by atoms with Crippen LogP contribution >= 0.6 is 0 Å². The molecule has 1 atom stereocenters. The molecule has 5 heteroatoms. The predicted octanol–water partition coefficient (Wildman–Crippen LogP) is 1.88. The molecule has 96 valence electrons. The molecule has 3 N–H and O–H groups in total. The van der Waals surface area contributed by atoms with Crippen molar-refractivity contribution in [2.75, 3.05) is 5.73 Å². The number of nitrogens with one attached hydrogen (secondary N) is 1. The molecule has 0 heterocycles. The molecular weight excluding hydrogens is 236 g/mol. The fourth-order valence-electron chi connectivity index (χ4n) is 1.74. The Morgan fingerprint density at radius 3 is 2.71 bits per heavy atom. The first-order valence-corrected chi connectivity index (χ1v) is 7.42. The molecule has 0 saturated carbocycles. The summed E-state index contributed by atoms with van der Waals surface area (Å²) >= 11 is 0. The number of hydrogen-bond donors (Lipinski definition) is 2. The first kappa shape index (κ1) is 14.0. The Bertz CT molecular complexity index is 457. The number of benzene rings is 1. The molecular formula is C12H20N2O2S. The Labute approximate surface area is 103 Å². The van der Waals surface area contributed by atoms with Crippen LogP contribution in [0.4, 0.5) is 5.69 Å². The van der Waals surface area contributed by atoms with E-state index in [4.69, 9.17) is 5.73 Å². The van der Waals surface area contributed by atoms with E-state index in [-0.39, 0.29) is 11.8 Å². The summed E-state index contributed by atoms with van der Waals surface area (Å²) in [4.78, 5) is 0. The second-order valence-corrected chi connectivity index (χ2v) is 6.07. The zero-order chi connectivity index (χ0) is 12.9. The SMILES string of the molecule is CCCC(C)NS(=O)(=O)Cc1cccc(N)c1. The molecule has 0 aliphatic rings. The van der Waals surface area contributed by atoms with Crippen molar-refractivity contribution in [3.63, 3.8) is 0 Å². The number of sulfonamides is 1. The van der Waals surface area contributed by atoms with Crippen LogP contribution < -0.4 is 10.5 Å². The van der Waals surface area contributed by atoms with Crippen molar-refractivity contribution < 1.29 is 8.42 Å². The van der Waals surface area contributed by atoms with Gasteiger partial charge in [-0.05, 0) is 31.0 Å². The van der Waals surface area contributed by atoms with Crippen LogP contribution in [0, 0.1) is 0 Å². The van der Waals surface area contributed by atoms with Gasteiger partial charge in [0, 0.05) is 11.7 Å². The molecule has 0 saturated heterocycles. The number of nitrogen functional groups attached to an aromatic ring is 1. The summed E-state index contributed by atoms with van der Waals surface area (Å²) in [7, 11) is -3.28. The number of rotatable bonds is 6. The minimum absolute atomic E-state index is 0.0217. The first-order chi connectivity index (χ1) is 7.93. The van der Waals surface area contributed by atoms with E-state index in [1.807, 2.05) is 13.8 Å². The fourth-order valence-corrected chi connectivity index (χ4v) is 3.18. The van der Waals surface area contributed by atoms with Gasteiger partial charge in [0.2, 0.25) is 10.0 Å². The Kier molecular flexibility index (Phi) is 4.96. The van der Waals surface area contributed by atoms with Crippen molar-refractivity contribution in [1.29, 1.82) is 0 Å². The lowest BCUT2D eigenvalue weighted by Gasteiger charge is -2.13. The normalized spacial score (nSPS) is 13.5. The van der Waals surface area contributed by atoms with Crippen molar-refractivity contribution in [3.8, 4) is 0 Å². The third kappa shape index (κ3) is 5.19. The van der Waals surface area contributed by atoms with Crippen LogP contribution in [-0.2, 0) is 15.8 Å². The lowest BCUT2D eigenvalue weighted by atomic mass is 10.2. The lowest BCUT2D eigenvalue weighted by Crippen LogP contribution is -2.33. The molecule has 4 nitrogen and oxygen atoms in total. The third-order valence-corrected chi connectivity index (χ3v) is 3.89. The molecule has 1 aromatic rings. The minimum atomic E-state index is -3.28. The van der Waals surface area contributed by atoms with Crippen LogP contribution in [0.1, 0.15) is 32.3 Å². The molecule has 0 radical (unpaired) electrons. The summed E-state index contributed by atoms with van der Waals surface area (Å²) in [6.45, 7) is 3.91. The molecule has 0 aliphatic carbocycles. The van der Waals surface area contributed by atoms with E-state index in [9.17, 15) is 8.42 Å². The van der Waals surface area contributed by atoms with Gasteiger partial charge < -0.3 is 5.73 Å². The smallest absolute Gasteiger partial charge is 0.216 e. The Balaban J connectivity index is 2.67. The monoisotopic (exact) mass is 256 g/mol. The van der Waals surface area contributed by atoms with E-state index < -0.39 is 10.0 Å². The molecule has 1 rings (SSSR count). The van der Waals surface area contributed by atoms with Crippen LogP contribution in [0.25, 0.3) is 0 Å². The maximum Gasteiger partial charge on any atom is 0.216 e. The number of nitrogens with two attached hydrogens (primary N) is 1. The molecule has 0 bridgehead atoms. The van der Waals surface area contributed by atoms with Gasteiger partial charge in [-0.1, -0.05) is 25.5 Å². The summed E-state index contributed by atoms with van der Waals surface area (Å²) in [6, 6.07) is 6.92. The molecule has 17 heavy (non-hydrogen) atoms. The largest absolute Gasteiger partial charge is 0.399 e. The van der Waals surface area contributed by atoms with Crippen molar-refractivity contribution in [2.45, 2.75) is 38.5 Å². The summed E-state index contributed by atoms with van der Waals surface area (Å²) in [5.41, 5.74) is 6.90. The maximum absolute atomic E-state index is 11.8. The van der Waals surface area contributed by atoms with Crippen molar-refractivity contribution >= 4 is 15.7 Å². The zero-order valence-electron chi connectivity index (χ0n) is 10.3. The number of anilines is 1. The highest BCUT2D eigenvalue weighted by molar-refractivity contribution is 7.88. The Hall–Kier alpha value is -1.07. The molecule has 1 aromatic carbocycles. The number of hydrogen-bond acceptors (Lipinski definition) is 3. The third-order valence-electron chi connectivity index (χ3n) is 2.41. The van der Waals surface area contributed by atoms with Crippen LogP contribution in [0.3, 0.4) is 0 Å². The maximum atomic E-state index is 11.8. The standard InChI is InChI=1S/C12H20N2O2S/c1-3-5-10(2)14-17(15,16)9-11-6-4-7-12(13)8-11/h4,6-8,10,14H,3,5,9,13H2,1-2H3. The molecule has 1 unspecified atom stereocenters. The highest BCUT2D eigenvalue weighted by atomic mass is 32.2. The quantitative estimate of drug-likeness (QED) is 0.763. The average Bonchev–Trinajstić information content (AvgIpc) is 2.15. The van der Waals surface area contributed by atoms with E-state index in [0.29, 0.717) is 11.3 Å². The second-order valence-electron chi connectivity index (χ2n) is 4.31. The highest BCUT2D eigenvalue weighted by Crippen LogP contribution is 2.10. The summed E-state index contributed by atoms with van der Waals surface area (Å²) in [6.07, 6.45) is 1.80. The predicted molar refractivity (Wildman–Crippen MR) is 71.0 cm³/mol. The first-order valence-electron chi connectivity index (χ1n) is 5.77. The van der Waals surface area contributed by atoms with Gasteiger partial charge in [-0.25, -0.2) is 13.1 Å². The van der Waals surface area contributed by atoms with Gasteiger partial charge in [-0.15, -0.1) is 0 Å². The molecule has 0 amide bonds. The van der Waals surface area contributed by atoms with Gasteiger partial charge in [0.1, 0.15) is 0 Å². The molecule has 0 aromatic heterocycles. The van der Waals surface area contributed by atoms with Gasteiger partial charge >= 0.3 is 0 Å². The van der Waals surface area contributed by atoms with E-state index in [1.165, 1.54) is 0 Å². The van der Waals surface area contributed by atoms with Crippen LogP contribution in [0.2, 0.25) is 0 Å². The summed E-state index contributed by atoms with van der Waals surface area (Å²) in [5, 5.41) is 0. The van der Waals surface area contributed by atoms with Crippen molar-refractivity contribution in [2.24, 2.45) is 0 Å². The van der Waals surface area contributed by atoms with E-state index >= 15 is 0 Å². The summed E-state index contributed by atoms with van der Waals surface area (Å²) in [5.74, 6) is -0.0217. The van der Waals surface area contributed by atoms with Crippen molar-refractivity contribution in [1.82, 2.24) is 4.72 Å². The van der Waals surface area contributed by atoms with Gasteiger partial charge in [0.25, 0.3) is 0 Å². The minimum Gasteiger partial charge on any atom is -0.399 e. The second kappa shape index (κ2) is 6.02. The highest BCUT2D eigenvalue weighted by Gasteiger charge is 2.14. The van der Waals surface area contributed by atoms with Crippen molar-refractivity contribution in [3.05, 3.63) is 29.8 Å². The topological polar surface area (TPSA) is 72.2 Å².